The molecule has 0 saturated carbocycles. The third kappa shape index (κ3) is 3.48. The van der Waals surface area contributed by atoms with Crippen molar-refractivity contribution < 1.29 is 13.2 Å². The van der Waals surface area contributed by atoms with E-state index in [1.165, 1.54) is 0 Å². The van der Waals surface area contributed by atoms with Gasteiger partial charge in [-0.25, -0.2) is 8.42 Å². The summed E-state index contributed by atoms with van der Waals surface area (Å²) in [5, 5.41) is 1.62. The molecule has 0 aromatic heterocycles. The Morgan fingerprint density at radius 2 is 1.73 bits per heavy atom. The zero-order chi connectivity index (χ0) is 20.7. The van der Waals surface area contributed by atoms with Crippen LogP contribution in [0.2, 0.25) is 0 Å². The summed E-state index contributed by atoms with van der Waals surface area (Å²) in [6.45, 7) is 4.37. The van der Waals surface area contributed by atoms with Crippen molar-refractivity contribution in [2.45, 2.75) is 11.3 Å². The third-order valence-corrected chi connectivity index (χ3v) is 7.34. The first-order chi connectivity index (χ1) is 14.5. The van der Waals surface area contributed by atoms with Crippen LogP contribution in [0.25, 0.3) is 10.8 Å². The number of piperazine rings is 1. The zero-order valence-corrected chi connectivity index (χ0v) is 17.8. The minimum Gasteiger partial charge on any atom is -0.491 e. The Morgan fingerprint density at radius 3 is 2.57 bits per heavy atom. The van der Waals surface area contributed by atoms with Crippen LogP contribution in [-0.4, -0.2) is 53.2 Å². The molecule has 5 rings (SSSR count). The second-order valence-corrected chi connectivity index (χ2v) is 9.61. The maximum atomic E-state index is 13.3. The van der Waals surface area contributed by atoms with E-state index in [0.717, 1.165) is 60.4 Å². The van der Waals surface area contributed by atoms with E-state index in [1.807, 2.05) is 42.5 Å². The number of hydrogen-bond acceptors (Lipinski definition) is 5. The molecule has 0 radical (unpaired) electrons. The Kier molecular flexibility index (Phi) is 4.79. The highest BCUT2D eigenvalue weighted by atomic mass is 32.2. The third-order valence-electron chi connectivity index (χ3n) is 5.90. The molecule has 2 heterocycles. The Morgan fingerprint density at radius 1 is 0.967 bits per heavy atom. The number of ether oxygens (including phenoxy) is 1. The SMILES string of the molecule is CN1CCN(c2cc(NS(=O)(=O)c3cccc4ccccc34)cc3c2OCC3)CC1. The van der Waals surface area contributed by atoms with Gasteiger partial charge in [0.15, 0.2) is 0 Å². The molecular weight excluding hydrogens is 398 g/mol. The minimum absolute atomic E-state index is 0.290. The van der Waals surface area contributed by atoms with Gasteiger partial charge in [0.1, 0.15) is 5.75 Å². The first kappa shape index (κ1) is 19.2. The molecule has 3 aromatic carbocycles. The van der Waals surface area contributed by atoms with Gasteiger partial charge >= 0.3 is 0 Å². The van der Waals surface area contributed by atoms with Crippen molar-refractivity contribution in [3.63, 3.8) is 0 Å². The largest absolute Gasteiger partial charge is 0.491 e. The van der Waals surface area contributed by atoms with Crippen LogP contribution >= 0.6 is 0 Å². The Bertz CT molecular complexity index is 1200. The molecule has 0 unspecified atom stereocenters. The molecule has 6 nitrogen and oxygen atoms in total. The number of hydrogen-bond donors (Lipinski definition) is 1. The number of sulfonamides is 1. The van der Waals surface area contributed by atoms with Crippen molar-refractivity contribution in [1.82, 2.24) is 4.90 Å². The molecule has 0 amide bonds. The van der Waals surface area contributed by atoms with Gasteiger partial charge in [-0.2, -0.15) is 0 Å². The average Bonchev–Trinajstić information content (AvgIpc) is 3.21. The van der Waals surface area contributed by atoms with Gasteiger partial charge in [-0.05, 0) is 30.6 Å². The summed E-state index contributed by atoms with van der Waals surface area (Å²) in [6, 6.07) is 16.7. The van der Waals surface area contributed by atoms with Gasteiger partial charge in [0, 0.05) is 43.5 Å². The molecule has 0 spiro atoms. The van der Waals surface area contributed by atoms with Crippen molar-refractivity contribution >= 4 is 32.2 Å². The van der Waals surface area contributed by atoms with Gasteiger partial charge in [-0.15, -0.1) is 0 Å². The van der Waals surface area contributed by atoms with E-state index in [0.29, 0.717) is 17.2 Å². The van der Waals surface area contributed by atoms with Crippen LogP contribution in [-0.2, 0) is 16.4 Å². The topological polar surface area (TPSA) is 61.9 Å². The van der Waals surface area contributed by atoms with E-state index in [9.17, 15) is 8.42 Å². The van der Waals surface area contributed by atoms with Crippen molar-refractivity contribution in [2.24, 2.45) is 0 Å². The fraction of sp³-hybridized carbons (Fsp3) is 0.304. The molecule has 1 fully saturated rings. The fourth-order valence-corrected chi connectivity index (χ4v) is 5.54. The predicted molar refractivity (Wildman–Crippen MR) is 120 cm³/mol. The quantitative estimate of drug-likeness (QED) is 0.698. The number of fused-ring (bicyclic) bond motifs is 2. The molecule has 1 saturated heterocycles. The Hall–Kier alpha value is -2.77. The van der Waals surface area contributed by atoms with Crippen LogP contribution in [0.5, 0.6) is 5.75 Å². The van der Waals surface area contributed by atoms with E-state index < -0.39 is 10.0 Å². The standard InChI is InChI=1S/C23H25N3O3S/c1-25-10-12-26(13-11-25)21-16-19(15-18-9-14-29-23(18)21)24-30(27,28)22-8-4-6-17-5-2-3-7-20(17)22/h2-8,15-16,24H,9-14H2,1H3. The van der Waals surface area contributed by atoms with Gasteiger partial charge in [0.25, 0.3) is 10.0 Å². The average molecular weight is 424 g/mol. The van der Waals surface area contributed by atoms with Gasteiger partial charge in [-0.3, -0.25) is 4.72 Å². The van der Waals surface area contributed by atoms with E-state index in [2.05, 4.69) is 21.6 Å². The van der Waals surface area contributed by atoms with E-state index in [4.69, 9.17) is 4.74 Å². The summed E-state index contributed by atoms with van der Waals surface area (Å²) in [7, 11) is -1.61. The second-order valence-electron chi connectivity index (χ2n) is 7.96. The smallest absolute Gasteiger partial charge is 0.262 e. The Labute approximate surface area is 177 Å². The highest BCUT2D eigenvalue weighted by Crippen LogP contribution is 2.40. The first-order valence-corrected chi connectivity index (χ1v) is 11.7. The summed E-state index contributed by atoms with van der Waals surface area (Å²) in [5.74, 6) is 0.896. The van der Waals surface area contributed by atoms with E-state index in [-0.39, 0.29) is 0 Å². The fourth-order valence-electron chi connectivity index (χ4n) is 4.27. The van der Waals surface area contributed by atoms with E-state index in [1.54, 1.807) is 12.1 Å². The summed E-state index contributed by atoms with van der Waals surface area (Å²) < 4.78 is 35.3. The van der Waals surface area contributed by atoms with Gasteiger partial charge < -0.3 is 14.5 Å². The van der Waals surface area contributed by atoms with Crippen molar-refractivity contribution in [2.75, 3.05) is 49.5 Å². The lowest BCUT2D eigenvalue weighted by molar-refractivity contribution is 0.309. The number of nitrogens with one attached hydrogen (secondary N) is 1. The van der Waals surface area contributed by atoms with Crippen LogP contribution in [0.4, 0.5) is 11.4 Å². The van der Waals surface area contributed by atoms with E-state index >= 15 is 0 Å². The van der Waals surface area contributed by atoms with Crippen LogP contribution in [0.15, 0.2) is 59.5 Å². The number of benzene rings is 3. The zero-order valence-electron chi connectivity index (χ0n) is 17.0. The lowest BCUT2D eigenvalue weighted by Gasteiger charge is -2.35. The highest BCUT2D eigenvalue weighted by Gasteiger charge is 2.25. The van der Waals surface area contributed by atoms with Crippen LogP contribution < -0.4 is 14.4 Å². The molecule has 1 N–H and O–H groups in total. The second kappa shape index (κ2) is 7.49. The molecule has 3 aromatic rings. The predicted octanol–water partition coefficient (Wildman–Crippen LogP) is 3.33. The lowest BCUT2D eigenvalue weighted by atomic mass is 10.1. The van der Waals surface area contributed by atoms with Crippen LogP contribution in [0, 0.1) is 0 Å². The molecular formula is C23H25N3O3S. The van der Waals surface area contributed by atoms with Crippen LogP contribution in [0.3, 0.4) is 0 Å². The number of rotatable bonds is 4. The maximum absolute atomic E-state index is 13.3. The van der Waals surface area contributed by atoms with Crippen molar-refractivity contribution in [1.29, 1.82) is 0 Å². The summed E-state index contributed by atoms with van der Waals surface area (Å²) in [4.78, 5) is 4.88. The normalized spacial score (nSPS) is 17.0. The molecule has 2 aliphatic heterocycles. The molecule has 0 aliphatic carbocycles. The first-order valence-electron chi connectivity index (χ1n) is 10.2. The number of anilines is 2. The monoisotopic (exact) mass is 423 g/mol. The summed E-state index contributed by atoms with van der Waals surface area (Å²) in [5.41, 5.74) is 2.62. The summed E-state index contributed by atoms with van der Waals surface area (Å²) in [6.07, 6.45) is 0.792. The molecule has 2 aliphatic rings. The van der Waals surface area contributed by atoms with Crippen molar-refractivity contribution in [3.8, 4) is 5.75 Å². The molecule has 7 heteroatoms. The van der Waals surface area contributed by atoms with Gasteiger partial charge in [0.2, 0.25) is 0 Å². The van der Waals surface area contributed by atoms with Gasteiger partial charge in [-0.1, -0.05) is 36.4 Å². The minimum atomic E-state index is -3.73. The summed E-state index contributed by atoms with van der Waals surface area (Å²) >= 11 is 0. The van der Waals surface area contributed by atoms with Crippen molar-refractivity contribution in [3.05, 3.63) is 60.2 Å². The molecule has 30 heavy (non-hydrogen) atoms. The molecule has 0 bridgehead atoms. The lowest BCUT2D eigenvalue weighted by Crippen LogP contribution is -2.44. The number of likely N-dealkylation sites (N-methyl/N-ethyl adjacent to an activating group) is 1. The maximum Gasteiger partial charge on any atom is 0.262 e. The Balaban J connectivity index is 1.52. The highest BCUT2D eigenvalue weighted by molar-refractivity contribution is 7.93. The molecule has 156 valence electrons. The van der Waals surface area contributed by atoms with Crippen LogP contribution in [0.1, 0.15) is 5.56 Å². The van der Waals surface area contributed by atoms with Gasteiger partial charge in [0.05, 0.1) is 22.9 Å². The number of nitrogens with zero attached hydrogens (tertiary/aromatic N) is 2. The molecule has 0 atom stereocenters.